The molecule has 0 spiro atoms. The van der Waals surface area contributed by atoms with Crippen LogP contribution in [0.2, 0.25) is 0 Å². The van der Waals surface area contributed by atoms with Gasteiger partial charge in [0, 0.05) is 51.0 Å². The number of methoxy groups -OCH3 is 1. The first-order valence-corrected chi connectivity index (χ1v) is 17.9. The number of hydrogen-bond acceptors (Lipinski definition) is 11. The van der Waals surface area contributed by atoms with Crippen LogP contribution in [0.15, 0.2) is 39.2 Å². The molecular formula is C32H36F6N8O3S2. The second kappa shape index (κ2) is 14.9. The summed E-state index contributed by atoms with van der Waals surface area (Å²) in [7, 11) is 0.539. The van der Waals surface area contributed by atoms with Crippen molar-refractivity contribution in [3.8, 4) is 5.75 Å². The molecule has 4 aromatic rings. The highest BCUT2D eigenvalue weighted by molar-refractivity contribution is 7.99. The number of rotatable bonds is 12. The summed E-state index contributed by atoms with van der Waals surface area (Å²) < 4.78 is 117. The Bertz CT molecular complexity index is 2010. The van der Waals surface area contributed by atoms with E-state index in [1.54, 1.807) is 6.07 Å². The normalized spacial score (nSPS) is 14.4. The maximum atomic E-state index is 15.7. The lowest BCUT2D eigenvalue weighted by Crippen LogP contribution is -2.48. The quantitative estimate of drug-likeness (QED) is 0.0809. The molecular weight excluding hydrogens is 723 g/mol. The minimum Gasteiger partial charge on any atom is -0.490 e. The zero-order valence-corrected chi connectivity index (χ0v) is 30.2. The summed E-state index contributed by atoms with van der Waals surface area (Å²) in [6.07, 6.45) is 0. The maximum absolute atomic E-state index is 15.7. The van der Waals surface area contributed by atoms with Gasteiger partial charge in [-0.2, -0.15) is 5.10 Å². The number of benzene rings is 2. The molecule has 0 unspecified atom stereocenters. The van der Waals surface area contributed by atoms with Crippen LogP contribution in [0.3, 0.4) is 0 Å². The molecule has 5 rings (SSSR count). The van der Waals surface area contributed by atoms with Crippen LogP contribution in [0.5, 0.6) is 5.75 Å². The highest BCUT2D eigenvalue weighted by Gasteiger charge is 2.45. The first-order valence-electron chi connectivity index (χ1n) is 15.6. The lowest BCUT2D eigenvalue weighted by Gasteiger charge is -2.36. The monoisotopic (exact) mass is 758 g/mol. The van der Waals surface area contributed by atoms with Crippen LogP contribution in [-0.2, 0) is 14.6 Å². The van der Waals surface area contributed by atoms with E-state index < -0.39 is 59.9 Å². The number of nitrogens with zero attached hydrogens (tertiary/aromatic N) is 6. The van der Waals surface area contributed by atoms with Crippen molar-refractivity contribution in [2.24, 2.45) is 0 Å². The molecule has 1 saturated heterocycles. The van der Waals surface area contributed by atoms with Crippen molar-refractivity contribution in [3.05, 3.63) is 70.4 Å². The minimum atomic E-state index is -4.94. The van der Waals surface area contributed by atoms with Crippen molar-refractivity contribution >= 4 is 39.1 Å². The number of hydrogen-bond donors (Lipinski definition) is 2. The molecule has 2 aromatic carbocycles. The number of anilines is 3. The highest BCUT2D eigenvalue weighted by Crippen LogP contribution is 2.42. The Morgan fingerprint density at radius 1 is 0.961 bits per heavy atom. The Morgan fingerprint density at radius 2 is 1.59 bits per heavy atom. The first-order chi connectivity index (χ1) is 24.0. The number of aromatic nitrogens is 4. The number of piperazine rings is 1. The van der Waals surface area contributed by atoms with Crippen molar-refractivity contribution < 1.29 is 39.5 Å². The van der Waals surface area contributed by atoms with Crippen molar-refractivity contribution in [2.75, 3.05) is 70.7 Å². The molecule has 1 aliphatic rings. The third-order valence-corrected chi connectivity index (χ3v) is 11.8. The van der Waals surface area contributed by atoms with Gasteiger partial charge in [0.25, 0.3) is 0 Å². The maximum Gasteiger partial charge on any atom is 0.204 e. The molecule has 2 N–H and O–H groups in total. The van der Waals surface area contributed by atoms with Crippen LogP contribution in [0.4, 0.5) is 43.8 Å². The number of nitrogens with one attached hydrogen (secondary N) is 2. The van der Waals surface area contributed by atoms with E-state index in [0.717, 1.165) is 69.6 Å². The summed E-state index contributed by atoms with van der Waals surface area (Å²) in [6, 6.07) is 4.42. The molecule has 3 heterocycles. The number of likely N-dealkylation sites (N-methyl/N-ethyl adjacent to an activating group) is 1. The molecule has 19 heteroatoms. The van der Waals surface area contributed by atoms with Crippen molar-refractivity contribution in [3.63, 3.8) is 0 Å². The smallest absolute Gasteiger partial charge is 0.204 e. The van der Waals surface area contributed by atoms with Gasteiger partial charge in [-0.05, 0) is 64.8 Å². The largest absolute Gasteiger partial charge is 0.490 e. The summed E-state index contributed by atoms with van der Waals surface area (Å²) in [6.45, 7) is 7.84. The van der Waals surface area contributed by atoms with E-state index in [4.69, 9.17) is 9.72 Å². The molecule has 0 saturated carbocycles. The van der Waals surface area contributed by atoms with Crippen LogP contribution in [0.1, 0.15) is 25.1 Å². The SMILES string of the molecule is COc1c(Nc2cc(C)[nH]n2)nc(Sc2ccc(S(=O)(=O)C(C)(C)c3c(F)c(F)c(F)c(F)c3F)cc2F)nc1N1CCN(CCN(C)C)CC1. The summed E-state index contributed by atoms with van der Waals surface area (Å²) in [5.74, 6) is -11.3. The summed E-state index contributed by atoms with van der Waals surface area (Å²) in [5.41, 5.74) is -0.794. The number of sulfone groups is 1. The molecule has 0 radical (unpaired) electrons. The average molecular weight is 759 g/mol. The van der Waals surface area contributed by atoms with Crippen LogP contribution < -0.4 is 15.0 Å². The molecule has 2 aromatic heterocycles. The van der Waals surface area contributed by atoms with Crippen LogP contribution in [0, 0.1) is 41.8 Å². The van der Waals surface area contributed by atoms with Gasteiger partial charge in [0.1, 0.15) is 10.6 Å². The summed E-state index contributed by atoms with van der Waals surface area (Å²) >= 11 is 0.768. The van der Waals surface area contributed by atoms with Crippen molar-refractivity contribution in [2.45, 2.75) is 40.5 Å². The van der Waals surface area contributed by atoms with Gasteiger partial charge in [0.2, 0.25) is 11.6 Å². The molecule has 0 aliphatic carbocycles. The van der Waals surface area contributed by atoms with Gasteiger partial charge in [-0.3, -0.25) is 10.00 Å². The van der Waals surface area contributed by atoms with E-state index in [2.05, 4.69) is 30.3 Å². The Labute approximate surface area is 295 Å². The molecule has 1 aliphatic heterocycles. The number of ether oxygens (including phenoxy) is 1. The number of aryl methyl sites for hydroxylation is 1. The van der Waals surface area contributed by atoms with E-state index >= 15 is 4.39 Å². The minimum absolute atomic E-state index is 0.0619. The van der Waals surface area contributed by atoms with Gasteiger partial charge in [-0.15, -0.1) is 0 Å². The Balaban J connectivity index is 1.48. The third kappa shape index (κ3) is 7.61. The predicted octanol–water partition coefficient (Wildman–Crippen LogP) is 5.64. The number of aromatic amines is 1. The molecule has 0 bridgehead atoms. The molecule has 0 amide bonds. The summed E-state index contributed by atoms with van der Waals surface area (Å²) in [5, 5.41) is 10.2. The Morgan fingerprint density at radius 3 is 2.14 bits per heavy atom. The van der Waals surface area contributed by atoms with Crippen LogP contribution in [-0.4, -0.2) is 98.9 Å². The van der Waals surface area contributed by atoms with Gasteiger partial charge < -0.3 is 19.9 Å². The molecule has 51 heavy (non-hydrogen) atoms. The molecule has 276 valence electrons. The van der Waals surface area contributed by atoms with E-state index in [0.29, 0.717) is 36.5 Å². The van der Waals surface area contributed by atoms with Crippen LogP contribution in [0.25, 0.3) is 0 Å². The Kier molecular flexibility index (Phi) is 11.1. The van der Waals surface area contributed by atoms with E-state index in [1.807, 2.05) is 25.9 Å². The lowest BCUT2D eigenvalue weighted by molar-refractivity contribution is 0.228. The third-order valence-electron chi connectivity index (χ3n) is 8.42. The van der Waals surface area contributed by atoms with Crippen molar-refractivity contribution in [1.82, 2.24) is 30.0 Å². The Hall–Kier alpha value is -4.07. The second-order valence-electron chi connectivity index (χ2n) is 12.6. The zero-order chi connectivity index (χ0) is 37.4. The number of halogens is 6. The highest BCUT2D eigenvalue weighted by atomic mass is 32.2. The van der Waals surface area contributed by atoms with Gasteiger partial charge in [-0.1, -0.05) is 0 Å². The van der Waals surface area contributed by atoms with Crippen molar-refractivity contribution in [1.29, 1.82) is 0 Å². The van der Waals surface area contributed by atoms with Gasteiger partial charge in [0.15, 0.2) is 55.7 Å². The average Bonchev–Trinajstić information content (AvgIpc) is 3.50. The van der Waals surface area contributed by atoms with Crippen LogP contribution >= 0.6 is 11.8 Å². The standard InChI is InChI=1S/C32H36F6N8O3S2/c1-17-15-21(43-42-17)39-29-28(49-6)30(46-13-11-45(12-14-46)10-9-44(4)5)41-31(40-29)50-20-8-7-18(16-19(20)33)51(47,48)32(2,3)22-23(34)25(36)27(38)26(37)24(22)35/h7-8,15-16H,9-14H2,1-6H3,(H2,39,40,41,42,43). The first kappa shape index (κ1) is 38.2. The lowest BCUT2D eigenvalue weighted by atomic mass is 10.00. The van der Waals surface area contributed by atoms with Gasteiger partial charge >= 0.3 is 0 Å². The van der Waals surface area contributed by atoms with E-state index in [9.17, 15) is 30.4 Å². The molecule has 11 nitrogen and oxygen atoms in total. The topological polar surface area (TPSA) is 120 Å². The van der Waals surface area contributed by atoms with E-state index in [1.165, 1.54) is 7.11 Å². The van der Waals surface area contributed by atoms with Gasteiger partial charge in [-0.25, -0.2) is 44.7 Å². The fraction of sp³-hybridized carbons (Fsp3) is 0.406. The zero-order valence-electron chi connectivity index (χ0n) is 28.5. The summed E-state index contributed by atoms with van der Waals surface area (Å²) in [4.78, 5) is 14.8. The molecule has 1 fully saturated rings. The fourth-order valence-corrected chi connectivity index (χ4v) is 7.77. The fourth-order valence-electron chi connectivity index (χ4n) is 5.47. The molecule has 0 atom stereocenters. The predicted molar refractivity (Wildman–Crippen MR) is 179 cm³/mol. The second-order valence-corrected chi connectivity index (χ2v) is 16.1. The van der Waals surface area contributed by atoms with Gasteiger partial charge in [0.05, 0.1) is 22.5 Å². The van der Waals surface area contributed by atoms with E-state index in [-0.39, 0.29) is 15.9 Å². The number of H-pyrrole nitrogens is 1.